The van der Waals surface area contributed by atoms with Crippen molar-refractivity contribution in [1.82, 2.24) is 9.13 Å². The number of aryl methyl sites for hydroxylation is 4. The molecular weight excluding hydrogens is 840 g/mol. The number of fused-ring (bicyclic) bond motifs is 8. The van der Waals surface area contributed by atoms with Crippen LogP contribution in [0, 0.1) is 27.7 Å². The second-order valence-corrected chi connectivity index (χ2v) is 17.8. The number of allylic oxidation sites excluding steroid dienone is 5. The fraction of sp³-hybridized carbons (Fsp3) is 0.0938. The molecule has 0 aliphatic rings. The van der Waals surface area contributed by atoms with Gasteiger partial charge in [-0.3, -0.25) is 0 Å². The predicted octanol–water partition coefficient (Wildman–Crippen LogP) is 14.9. The van der Waals surface area contributed by atoms with Crippen molar-refractivity contribution in [3.63, 3.8) is 0 Å². The molecule has 0 aliphatic carbocycles. The third-order valence-corrected chi connectivity index (χ3v) is 13.4. The van der Waals surface area contributed by atoms with Crippen LogP contribution >= 0.6 is 0 Å². The molecule has 11 aromatic rings. The van der Waals surface area contributed by atoms with E-state index in [2.05, 4.69) is 195 Å². The minimum atomic E-state index is -0.0141. The summed E-state index contributed by atoms with van der Waals surface area (Å²) in [5.41, 5.74) is 15.7. The zero-order chi connectivity index (χ0) is 47.6. The number of rotatable bonds is 10. The second kappa shape index (κ2) is 19.1. The van der Waals surface area contributed by atoms with Gasteiger partial charge in [-0.15, -0.1) is 0 Å². The van der Waals surface area contributed by atoms with Gasteiger partial charge in [0.2, 0.25) is 6.71 Å². The molecule has 0 radical (unpaired) electrons. The zero-order valence-electron chi connectivity index (χ0n) is 40.2. The molecule has 0 amide bonds. The van der Waals surface area contributed by atoms with E-state index in [1.165, 1.54) is 93.0 Å². The molecule has 69 heavy (non-hydrogen) atoms. The molecule has 4 nitrogen and oxygen atoms in total. The summed E-state index contributed by atoms with van der Waals surface area (Å²) < 4.78 is 17.0. The van der Waals surface area contributed by atoms with Gasteiger partial charge in [-0.1, -0.05) is 173 Å². The number of methoxy groups -OCH3 is 1. The van der Waals surface area contributed by atoms with Crippen molar-refractivity contribution in [2.45, 2.75) is 34.6 Å². The van der Waals surface area contributed by atoms with E-state index in [1.807, 2.05) is 61.6 Å². The Hall–Kier alpha value is -8.28. The van der Waals surface area contributed by atoms with E-state index in [-0.39, 0.29) is 6.71 Å². The van der Waals surface area contributed by atoms with Crippen LogP contribution in [0.5, 0.6) is 17.2 Å². The Kier molecular flexibility index (Phi) is 12.4. The average molecular weight is 895 g/mol. The fourth-order valence-corrected chi connectivity index (χ4v) is 10.5. The lowest BCUT2D eigenvalue weighted by atomic mass is 9.34. The van der Waals surface area contributed by atoms with Crippen LogP contribution in [-0.4, -0.2) is 23.0 Å². The quantitative estimate of drug-likeness (QED) is 0.101. The van der Waals surface area contributed by atoms with E-state index in [0.717, 1.165) is 28.6 Å². The Bertz CT molecular complexity index is 3710. The van der Waals surface area contributed by atoms with Crippen LogP contribution < -0.4 is 25.9 Å². The topological polar surface area (TPSA) is 28.3 Å². The van der Waals surface area contributed by atoms with Gasteiger partial charge >= 0.3 is 0 Å². The van der Waals surface area contributed by atoms with Gasteiger partial charge in [-0.2, -0.15) is 0 Å². The molecule has 11 rings (SSSR count). The van der Waals surface area contributed by atoms with Crippen LogP contribution in [0.2, 0.25) is 0 Å². The smallest absolute Gasteiger partial charge is 0.242 e. The first-order chi connectivity index (χ1) is 33.8. The van der Waals surface area contributed by atoms with Crippen LogP contribution in [0.3, 0.4) is 0 Å². The molecule has 0 aliphatic heterocycles. The number of hydrogen-bond acceptors (Lipinski definition) is 2. The average Bonchev–Trinajstić information content (AvgIpc) is 3.89. The van der Waals surface area contributed by atoms with Crippen LogP contribution in [0.1, 0.15) is 29.2 Å². The molecule has 336 valence electrons. The summed E-state index contributed by atoms with van der Waals surface area (Å²) in [6.45, 7) is 14.3. The Morgan fingerprint density at radius 3 is 1.52 bits per heavy atom. The predicted molar refractivity (Wildman–Crippen MR) is 296 cm³/mol. The second-order valence-electron chi connectivity index (χ2n) is 17.8. The fourth-order valence-electron chi connectivity index (χ4n) is 10.5. The minimum absolute atomic E-state index is 0.0141. The minimum Gasteiger partial charge on any atom is -0.497 e. The summed E-state index contributed by atoms with van der Waals surface area (Å²) in [7, 11) is 1.74. The number of benzene rings is 9. The molecule has 5 heteroatoms. The van der Waals surface area contributed by atoms with Crippen molar-refractivity contribution in [3.8, 4) is 28.6 Å². The highest BCUT2D eigenvalue weighted by Crippen LogP contribution is 2.42. The summed E-state index contributed by atoms with van der Waals surface area (Å²) in [5.74, 6) is 2.54. The Labute approximate surface area is 405 Å². The summed E-state index contributed by atoms with van der Waals surface area (Å²) in [4.78, 5) is 0. The van der Waals surface area contributed by atoms with E-state index in [0.29, 0.717) is 0 Å². The maximum Gasteiger partial charge on any atom is 0.242 e. The third-order valence-electron chi connectivity index (χ3n) is 13.4. The van der Waals surface area contributed by atoms with E-state index in [1.54, 1.807) is 13.2 Å². The maximum absolute atomic E-state index is 6.36. The van der Waals surface area contributed by atoms with Crippen LogP contribution in [0.4, 0.5) is 0 Å². The Morgan fingerprint density at radius 2 is 0.957 bits per heavy atom. The molecule has 2 heterocycles. The number of hydrogen-bond donors (Lipinski definition) is 0. The largest absolute Gasteiger partial charge is 0.497 e. The highest BCUT2D eigenvalue weighted by atomic mass is 16.5. The lowest BCUT2D eigenvalue weighted by Crippen LogP contribution is -2.55. The Morgan fingerprint density at radius 1 is 0.449 bits per heavy atom. The van der Waals surface area contributed by atoms with Gasteiger partial charge < -0.3 is 18.6 Å². The van der Waals surface area contributed by atoms with Crippen LogP contribution in [-0.2, 0) is 0 Å². The molecule has 0 saturated heterocycles. The third kappa shape index (κ3) is 8.31. The summed E-state index contributed by atoms with van der Waals surface area (Å²) in [6.07, 6.45) is 9.51. The first-order valence-electron chi connectivity index (χ1n) is 23.7. The van der Waals surface area contributed by atoms with Crippen molar-refractivity contribution in [2.24, 2.45) is 0 Å². The van der Waals surface area contributed by atoms with Crippen LogP contribution in [0.15, 0.2) is 219 Å². The first-order valence-corrected chi connectivity index (χ1v) is 23.7. The van der Waals surface area contributed by atoms with Crippen molar-refractivity contribution < 1.29 is 9.47 Å². The molecule has 0 unspecified atom stereocenters. The number of ether oxygens (including phenoxy) is 2. The summed E-state index contributed by atoms with van der Waals surface area (Å²) in [6, 6.07) is 65.7. The lowest BCUT2D eigenvalue weighted by Gasteiger charge is -2.25. The molecule has 0 N–H and O–H groups in total. The van der Waals surface area contributed by atoms with E-state index in [4.69, 9.17) is 9.47 Å². The maximum atomic E-state index is 6.36. The van der Waals surface area contributed by atoms with E-state index < -0.39 is 0 Å². The van der Waals surface area contributed by atoms with E-state index >= 15 is 0 Å². The van der Waals surface area contributed by atoms with Crippen molar-refractivity contribution >= 4 is 77.5 Å². The molecule has 2 aromatic heterocycles. The van der Waals surface area contributed by atoms with Gasteiger partial charge in [-0.05, 0) is 130 Å². The highest BCUT2D eigenvalue weighted by Gasteiger charge is 2.29. The van der Waals surface area contributed by atoms with Gasteiger partial charge in [0, 0.05) is 32.9 Å². The van der Waals surface area contributed by atoms with Crippen molar-refractivity contribution in [3.05, 3.63) is 241 Å². The Balaban J connectivity index is 0.000000736. The number of aromatic nitrogens is 2. The molecule has 9 aromatic carbocycles. The SMILES string of the molecule is C=C/C=C\C=C/C.COc1cc(C)c(B(c2ccc(-n3c4ccccc4c4c5c6ccccc6n(-c6ccc7ccccc7c6)c5ccc43)cc2)c2c(C)cc(Oc3ccccc3)cc2C)c(C)c1. The molecule has 0 atom stereocenters. The van der Waals surface area contributed by atoms with Crippen LogP contribution in [0.25, 0.3) is 65.8 Å². The van der Waals surface area contributed by atoms with E-state index in [9.17, 15) is 0 Å². The molecule has 0 bridgehead atoms. The lowest BCUT2D eigenvalue weighted by molar-refractivity contribution is 0.414. The normalized spacial score (nSPS) is 11.6. The van der Waals surface area contributed by atoms with Crippen molar-refractivity contribution in [1.29, 1.82) is 0 Å². The van der Waals surface area contributed by atoms with Gasteiger partial charge in [0.25, 0.3) is 0 Å². The summed E-state index contributed by atoms with van der Waals surface area (Å²) in [5, 5.41) is 7.50. The standard InChI is InChI=1S/C57H45BN2O2.C7H10/c1-36-31-46(61-5)32-37(2)56(36)58(57-38(3)33-47(34-39(57)4)62-45-17-7-6-8-18-45)42-24-27-43(28-25-42)59-50-21-13-11-19-48(50)54-52(59)29-30-53-55(54)49-20-12-14-22-51(49)60(53)44-26-23-40-15-9-10-16-41(40)35-44;1-3-5-7-6-4-2/h6-35H,1-5H3;3-7H,1H2,2H3/b;6-4-,7-5-. The molecule has 0 saturated carbocycles. The number of para-hydroxylation sites is 3. The molecule has 0 fully saturated rings. The monoisotopic (exact) mass is 894 g/mol. The molecule has 0 spiro atoms. The summed E-state index contributed by atoms with van der Waals surface area (Å²) >= 11 is 0. The highest BCUT2D eigenvalue weighted by molar-refractivity contribution is 6.96. The van der Waals surface area contributed by atoms with Gasteiger partial charge in [-0.25, -0.2) is 0 Å². The van der Waals surface area contributed by atoms with Gasteiger partial charge in [0.15, 0.2) is 0 Å². The zero-order valence-corrected chi connectivity index (χ0v) is 40.2. The number of nitrogens with zero attached hydrogens (tertiary/aromatic N) is 2. The van der Waals surface area contributed by atoms with Crippen molar-refractivity contribution in [2.75, 3.05) is 7.11 Å². The van der Waals surface area contributed by atoms with Gasteiger partial charge in [0.1, 0.15) is 17.2 Å². The van der Waals surface area contributed by atoms with Gasteiger partial charge in [0.05, 0.1) is 29.2 Å². The first kappa shape index (κ1) is 44.6. The molecular formula is C64H55BN2O2.